The highest BCUT2D eigenvalue weighted by Gasteiger charge is 2.45. The van der Waals surface area contributed by atoms with E-state index in [0.29, 0.717) is 5.89 Å². The van der Waals surface area contributed by atoms with Crippen LogP contribution in [0.2, 0.25) is 0 Å². The van der Waals surface area contributed by atoms with Gasteiger partial charge < -0.3 is 9.73 Å². The average molecular weight is 527 g/mol. The third-order valence-electron chi connectivity index (χ3n) is 8.17. The lowest BCUT2D eigenvalue weighted by molar-refractivity contribution is 0.621. The Morgan fingerprint density at radius 1 is 0.537 bits per heavy atom. The summed E-state index contributed by atoms with van der Waals surface area (Å²) < 4.78 is 6.30. The molecule has 0 aliphatic heterocycles. The predicted molar refractivity (Wildman–Crippen MR) is 166 cm³/mol. The molecule has 1 aliphatic rings. The third kappa shape index (κ3) is 3.63. The Morgan fingerprint density at radius 3 is 1.88 bits per heavy atom. The zero-order valence-electron chi connectivity index (χ0n) is 22.3. The van der Waals surface area contributed by atoms with E-state index in [4.69, 9.17) is 9.40 Å². The van der Waals surface area contributed by atoms with Crippen LogP contribution in [0, 0.1) is 0 Å². The van der Waals surface area contributed by atoms with E-state index in [-0.39, 0.29) is 0 Å². The number of fused-ring (bicyclic) bond motifs is 4. The highest BCUT2D eigenvalue weighted by atomic mass is 16.3. The molecule has 1 N–H and O–H groups in total. The summed E-state index contributed by atoms with van der Waals surface area (Å²) in [4.78, 5) is 4.76. The summed E-state index contributed by atoms with van der Waals surface area (Å²) in [5, 5.41) is 3.66. The molecule has 0 fully saturated rings. The predicted octanol–water partition coefficient (Wildman–Crippen LogP) is 9.60. The smallest absolute Gasteiger partial charge is 0.227 e. The normalized spacial score (nSPS) is 13.1. The van der Waals surface area contributed by atoms with Gasteiger partial charge in [0.25, 0.3) is 0 Å². The summed E-state index contributed by atoms with van der Waals surface area (Å²) in [5.74, 6) is 0.616. The number of aromatic nitrogens is 1. The minimum absolute atomic E-state index is 0.440. The summed E-state index contributed by atoms with van der Waals surface area (Å²) in [6.45, 7) is 0. The van der Waals surface area contributed by atoms with E-state index in [2.05, 4.69) is 108 Å². The Balaban J connectivity index is 1.29. The molecule has 8 rings (SSSR count). The number of hydrogen-bond acceptors (Lipinski definition) is 3. The third-order valence-corrected chi connectivity index (χ3v) is 8.17. The van der Waals surface area contributed by atoms with E-state index >= 15 is 0 Å². The fourth-order valence-electron chi connectivity index (χ4n) is 6.45. The lowest BCUT2D eigenvalue weighted by Gasteiger charge is -2.34. The van der Waals surface area contributed by atoms with Crippen LogP contribution < -0.4 is 5.32 Å². The van der Waals surface area contributed by atoms with Crippen molar-refractivity contribution in [3.63, 3.8) is 0 Å². The van der Waals surface area contributed by atoms with Gasteiger partial charge in [-0.1, -0.05) is 115 Å². The second-order valence-electron chi connectivity index (χ2n) is 10.5. The van der Waals surface area contributed by atoms with Crippen molar-refractivity contribution in [2.24, 2.45) is 0 Å². The highest BCUT2D eigenvalue weighted by Crippen LogP contribution is 2.56. The van der Waals surface area contributed by atoms with E-state index in [0.717, 1.165) is 28.0 Å². The molecule has 0 bridgehead atoms. The van der Waals surface area contributed by atoms with Crippen LogP contribution >= 0.6 is 0 Å². The summed E-state index contributed by atoms with van der Waals surface area (Å²) in [7, 11) is 0. The van der Waals surface area contributed by atoms with Crippen LogP contribution in [-0.4, -0.2) is 4.98 Å². The van der Waals surface area contributed by atoms with E-state index in [9.17, 15) is 0 Å². The molecule has 0 amide bonds. The summed E-state index contributed by atoms with van der Waals surface area (Å²) in [6, 6.07) is 53.3. The standard InChI is InChI=1S/C38H26N2O/c1-3-13-26(14-4-1)37-40-35-24-12-23-34(36(35)41-37)39-29-18-11-17-28(25-29)38(27-15-5-2-6-16-27)32-21-9-7-19-30(32)31-20-8-10-22-33(31)38/h1-25,39H. The first-order chi connectivity index (χ1) is 20.3. The van der Waals surface area contributed by atoms with Crippen LogP contribution in [0.25, 0.3) is 33.7 Å². The topological polar surface area (TPSA) is 38.1 Å². The number of oxazole rings is 1. The summed E-state index contributed by atoms with van der Waals surface area (Å²) in [6.07, 6.45) is 0. The first kappa shape index (κ1) is 23.5. The van der Waals surface area contributed by atoms with Crippen LogP contribution in [0.3, 0.4) is 0 Å². The first-order valence-electron chi connectivity index (χ1n) is 13.9. The van der Waals surface area contributed by atoms with E-state index in [1.807, 2.05) is 48.5 Å². The molecule has 194 valence electrons. The quantitative estimate of drug-likeness (QED) is 0.243. The van der Waals surface area contributed by atoms with Gasteiger partial charge in [0.15, 0.2) is 5.58 Å². The molecule has 3 heteroatoms. The number of nitrogens with one attached hydrogen (secondary N) is 1. The molecular weight excluding hydrogens is 500 g/mol. The molecule has 41 heavy (non-hydrogen) atoms. The first-order valence-corrected chi connectivity index (χ1v) is 13.9. The number of benzene rings is 6. The van der Waals surface area contributed by atoms with Crippen molar-refractivity contribution in [2.45, 2.75) is 5.41 Å². The van der Waals surface area contributed by atoms with Crippen LogP contribution in [0.4, 0.5) is 11.4 Å². The largest absolute Gasteiger partial charge is 0.434 e. The minimum atomic E-state index is -0.440. The van der Waals surface area contributed by atoms with Crippen molar-refractivity contribution in [3.8, 4) is 22.6 Å². The number of anilines is 2. The van der Waals surface area contributed by atoms with Gasteiger partial charge in [-0.15, -0.1) is 0 Å². The second-order valence-corrected chi connectivity index (χ2v) is 10.5. The molecule has 0 spiro atoms. The van der Waals surface area contributed by atoms with Crippen molar-refractivity contribution in [1.29, 1.82) is 0 Å². The monoisotopic (exact) mass is 526 g/mol. The van der Waals surface area contributed by atoms with Gasteiger partial charge in [0.05, 0.1) is 11.1 Å². The maximum absolute atomic E-state index is 6.30. The van der Waals surface area contributed by atoms with Crippen molar-refractivity contribution < 1.29 is 4.42 Å². The summed E-state index contributed by atoms with van der Waals surface area (Å²) in [5.41, 5.74) is 11.6. The Morgan fingerprint density at radius 2 is 1.15 bits per heavy atom. The van der Waals surface area contributed by atoms with E-state index in [1.165, 1.54) is 33.4 Å². The molecular formula is C38H26N2O. The molecule has 7 aromatic rings. The van der Waals surface area contributed by atoms with E-state index < -0.39 is 5.41 Å². The van der Waals surface area contributed by atoms with Gasteiger partial charge in [-0.25, -0.2) is 4.98 Å². The molecule has 0 saturated carbocycles. The lowest BCUT2D eigenvalue weighted by Crippen LogP contribution is -2.28. The lowest BCUT2D eigenvalue weighted by atomic mass is 9.67. The maximum Gasteiger partial charge on any atom is 0.227 e. The molecule has 6 aromatic carbocycles. The molecule has 0 radical (unpaired) electrons. The van der Waals surface area contributed by atoms with Crippen LogP contribution in [0.15, 0.2) is 156 Å². The van der Waals surface area contributed by atoms with Gasteiger partial charge in [0.2, 0.25) is 5.89 Å². The minimum Gasteiger partial charge on any atom is -0.434 e. The molecule has 1 aliphatic carbocycles. The zero-order chi connectivity index (χ0) is 27.2. The number of para-hydroxylation sites is 1. The highest BCUT2D eigenvalue weighted by molar-refractivity contribution is 5.91. The SMILES string of the molecule is c1ccc(-c2nc3cccc(Nc4cccc(C5(c6ccccc6)c6ccccc6-c6ccccc65)c4)c3o2)cc1. The fraction of sp³-hybridized carbons (Fsp3) is 0.0263. The van der Waals surface area contributed by atoms with Crippen LogP contribution in [-0.2, 0) is 5.41 Å². The van der Waals surface area contributed by atoms with Gasteiger partial charge in [0.1, 0.15) is 5.52 Å². The van der Waals surface area contributed by atoms with Gasteiger partial charge in [0, 0.05) is 11.3 Å². The van der Waals surface area contributed by atoms with Crippen molar-refractivity contribution >= 4 is 22.5 Å². The van der Waals surface area contributed by atoms with Crippen molar-refractivity contribution in [1.82, 2.24) is 4.98 Å². The molecule has 0 atom stereocenters. The van der Waals surface area contributed by atoms with Gasteiger partial charge in [-0.3, -0.25) is 0 Å². The maximum atomic E-state index is 6.30. The fourth-order valence-corrected chi connectivity index (χ4v) is 6.45. The molecule has 0 unspecified atom stereocenters. The zero-order valence-corrected chi connectivity index (χ0v) is 22.3. The van der Waals surface area contributed by atoms with Gasteiger partial charge in [-0.2, -0.15) is 0 Å². The molecule has 1 aromatic heterocycles. The van der Waals surface area contributed by atoms with Crippen molar-refractivity contribution in [3.05, 3.63) is 174 Å². The second kappa shape index (κ2) is 9.35. The van der Waals surface area contributed by atoms with Crippen LogP contribution in [0.5, 0.6) is 0 Å². The summed E-state index contributed by atoms with van der Waals surface area (Å²) >= 11 is 0. The van der Waals surface area contributed by atoms with Gasteiger partial charge in [-0.05, 0) is 69.8 Å². The Labute approximate surface area is 238 Å². The van der Waals surface area contributed by atoms with Crippen molar-refractivity contribution in [2.75, 3.05) is 5.32 Å². The molecule has 0 saturated heterocycles. The average Bonchev–Trinajstić information content (AvgIpc) is 3.61. The number of hydrogen-bond donors (Lipinski definition) is 1. The number of rotatable bonds is 5. The Hall–Kier alpha value is -5.41. The van der Waals surface area contributed by atoms with Crippen LogP contribution in [0.1, 0.15) is 22.3 Å². The molecule has 3 nitrogen and oxygen atoms in total. The van der Waals surface area contributed by atoms with Gasteiger partial charge >= 0.3 is 0 Å². The molecule has 1 heterocycles. The number of nitrogens with zero attached hydrogens (tertiary/aromatic N) is 1. The Kier molecular flexibility index (Phi) is 5.36. The Bertz CT molecular complexity index is 1980. The van der Waals surface area contributed by atoms with E-state index in [1.54, 1.807) is 0 Å².